The molecule has 1 aromatic rings. The van der Waals surface area contributed by atoms with Crippen molar-refractivity contribution in [3.63, 3.8) is 0 Å². The van der Waals surface area contributed by atoms with Gasteiger partial charge in [0.25, 0.3) is 0 Å². The molecule has 0 spiro atoms. The summed E-state index contributed by atoms with van der Waals surface area (Å²) in [4.78, 5) is 12.6. The second-order valence-corrected chi connectivity index (χ2v) is 7.23. The van der Waals surface area contributed by atoms with Gasteiger partial charge in [-0.15, -0.1) is 0 Å². The van der Waals surface area contributed by atoms with Crippen molar-refractivity contribution in [2.75, 3.05) is 14.2 Å². The lowest BCUT2D eigenvalue weighted by molar-refractivity contribution is -0.126. The van der Waals surface area contributed by atoms with Crippen molar-refractivity contribution in [1.29, 1.82) is 0 Å². The lowest BCUT2D eigenvalue weighted by atomic mass is 9.60. The van der Waals surface area contributed by atoms with Gasteiger partial charge in [-0.05, 0) is 79.0 Å². The number of carbonyl (C=O) groups is 1. The van der Waals surface area contributed by atoms with Crippen LogP contribution in [-0.4, -0.2) is 20.0 Å². The molecule has 1 aromatic carbocycles. The first kappa shape index (κ1) is 15.5. The molecule has 0 heterocycles. The van der Waals surface area contributed by atoms with E-state index in [-0.39, 0.29) is 5.41 Å². The van der Waals surface area contributed by atoms with Crippen LogP contribution in [0.5, 0.6) is 11.5 Å². The Labute approximate surface area is 143 Å². The SMILES string of the molecule is COc1cc2c(cc1OC)C1=C(CC2)C2=CCCC(=O)[C@@]2(C)CC1. The van der Waals surface area contributed by atoms with E-state index >= 15 is 0 Å². The summed E-state index contributed by atoms with van der Waals surface area (Å²) in [6.45, 7) is 2.15. The molecular formula is C21H24O3. The molecule has 3 aliphatic carbocycles. The van der Waals surface area contributed by atoms with E-state index < -0.39 is 0 Å². The highest BCUT2D eigenvalue weighted by Gasteiger charge is 2.44. The normalized spacial score (nSPS) is 25.5. The highest BCUT2D eigenvalue weighted by molar-refractivity contribution is 5.93. The van der Waals surface area contributed by atoms with E-state index in [1.807, 2.05) is 0 Å². The fourth-order valence-corrected chi connectivity index (χ4v) is 4.67. The maximum absolute atomic E-state index is 12.6. The van der Waals surface area contributed by atoms with Crippen LogP contribution < -0.4 is 9.47 Å². The molecule has 0 aromatic heterocycles. The van der Waals surface area contributed by atoms with Crippen molar-refractivity contribution < 1.29 is 14.3 Å². The average Bonchev–Trinajstić information content (AvgIpc) is 2.61. The van der Waals surface area contributed by atoms with Gasteiger partial charge in [-0.3, -0.25) is 4.79 Å². The highest BCUT2D eigenvalue weighted by Crippen LogP contribution is 2.53. The summed E-state index contributed by atoms with van der Waals surface area (Å²) in [5.41, 5.74) is 6.49. The molecule has 0 unspecified atom stereocenters. The van der Waals surface area contributed by atoms with Gasteiger partial charge in [0.1, 0.15) is 5.78 Å². The van der Waals surface area contributed by atoms with E-state index in [4.69, 9.17) is 9.47 Å². The van der Waals surface area contributed by atoms with E-state index in [0.29, 0.717) is 12.2 Å². The van der Waals surface area contributed by atoms with Crippen molar-refractivity contribution in [3.05, 3.63) is 40.5 Å². The monoisotopic (exact) mass is 324 g/mol. The summed E-state index contributed by atoms with van der Waals surface area (Å²) >= 11 is 0. The topological polar surface area (TPSA) is 35.5 Å². The van der Waals surface area contributed by atoms with Gasteiger partial charge in [0.15, 0.2) is 11.5 Å². The Morgan fingerprint density at radius 3 is 2.46 bits per heavy atom. The number of ether oxygens (including phenoxy) is 2. The number of methoxy groups -OCH3 is 2. The summed E-state index contributed by atoms with van der Waals surface area (Å²) in [6, 6.07) is 4.24. The maximum atomic E-state index is 12.6. The van der Waals surface area contributed by atoms with Crippen LogP contribution in [0.15, 0.2) is 29.4 Å². The molecule has 0 radical (unpaired) electrons. The van der Waals surface area contributed by atoms with Gasteiger partial charge in [-0.25, -0.2) is 0 Å². The highest BCUT2D eigenvalue weighted by atomic mass is 16.5. The molecule has 4 rings (SSSR count). The molecule has 3 heteroatoms. The lowest BCUT2D eigenvalue weighted by Gasteiger charge is -2.42. The van der Waals surface area contributed by atoms with Crippen molar-refractivity contribution in [1.82, 2.24) is 0 Å². The third kappa shape index (κ3) is 2.07. The molecule has 126 valence electrons. The molecule has 0 N–H and O–H groups in total. The third-order valence-electron chi connectivity index (χ3n) is 6.07. The number of carbonyl (C=O) groups excluding carboxylic acids is 1. The first-order chi connectivity index (χ1) is 11.6. The number of hydrogen-bond acceptors (Lipinski definition) is 3. The molecule has 3 nitrogen and oxygen atoms in total. The molecule has 0 bridgehead atoms. The van der Waals surface area contributed by atoms with Gasteiger partial charge in [-0.2, -0.15) is 0 Å². The second-order valence-electron chi connectivity index (χ2n) is 7.23. The Morgan fingerprint density at radius 1 is 0.958 bits per heavy atom. The van der Waals surface area contributed by atoms with Gasteiger partial charge < -0.3 is 9.47 Å². The molecule has 0 fully saturated rings. The molecule has 0 amide bonds. The van der Waals surface area contributed by atoms with Crippen LogP contribution in [0.25, 0.3) is 5.57 Å². The molecule has 0 saturated heterocycles. The zero-order chi connectivity index (χ0) is 16.9. The van der Waals surface area contributed by atoms with Gasteiger partial charge >= 0.3 is 0 Å². The molecule has 1 atom stereocenters. The molecule has 24 heavy (non-hydrogen) atoms. The third-order valence-corrected chi connectivity index (χ3v) is 6.07. The number of benzene rings is 1. The second kappa shape index (κ2) is 5.51. The molecule has 3 aliphatic rings. The van der Waals surface area contributed by atoms with Gasteiger partial charge in [0.2, 0.25) is 0 Å². The zero-order valence-electron chi connectivity index (χ0n) is 14.7. The smallest absolute Gasteiger partial charge is 0.161 e. The Hall–Kier alpha value is -2.03. The van der Waals surface area contributed by atoms with E-state index in [1.165, 1.54) is 27.8 Å². The number of rotatable bonds is 2. The molecule has 0 aliphatic heterocycles. The van der Waals surface area contributed by atoms with Crippen molar-refractivity contribution in [2.45, 2.75) is 45.4 Å². The number of Topliss-reactive ketones (excluding diaryl/α,β-unsaturated/α-hetero) is 1. The van der Waals surface area contributed by atoms with Crippen molar-refractivity contribution in [3.8, 4) is 11.5 Å². The first-order valence-electron chi connectivity index (χ1n) is 8.80. The number of allylic oxidation sites excluding steroid dienone is 4. The van der Waals surface area contributed by atoms with Crippen LogP contribution in [-0.2, 0) is 11.2 Å². The Kier molecular flexibility index (Phi) is 3.56. The van der Waals surface area contributed by atoms with Crippen LogP contribution in [0.2, 0.25) is 0 Å². The first-order valence-corrected chi connectivity index (χ1v) is 8.80. The fourth-order valence-electron chi connectivity index (χ4n) is 4.67. The maximum Gasteiger partial charge on any atom is 0.161 e. The summed E-state index contributed by atoms with van der Waals surface area (Å²) in [5, 5.41) is 0. The minimum absolute atomic E-state index is 0.259. The zero-order valence-corrected chi connectivity index (χ0v) is 14.7. The van der Waals surface area contributed by atoms with E-state index in [0.717, 1.165) is 43.6 Å². The van der Waals surface area contributed by atoms with Crippen LogP contribution in [0.4, 0.5) is 0 Å². The lowest BCUT2D eigenvalue weighted by Crippen LogP contribution is -2.36. The van der Waals surface area contributed by atoms with Crippen molar-refractivity contribution >= 4 is 11.4 Å². The van der Waals surface area contributed by atoms with E-state index in [2.05, 4.69) is 25.1 Å². The predicted molar refractivity (Wildman–Crippen MR) is 94.5 cm³/mol. The minimum Gasteiger partial charge on any atom is -0.493 e. The summed E-state index contributed by atoms with van der Waals surface area (Å²) in [7, 11) is 3.37. The van der Waals surface area contributed by atoms with Crippen LogP contribution in [0, 0.1) is 5.41 Å². The van der Waals surface area contributed by atoms with Crippen LogP contribution >= 0.6 is 0 Å². The Balaban J connectivity index is 1.87. The Bertz CT molecular complexity index is 785. The fraction of sp³-hybridized carbons (Fsp3) is 0.476. The van der Waals surface area contributed by atoms with Gasteiger partial charge in [0, 0.05) is 6.42 Å². The summed E-state index contributed by atoms with van der Waals surface area (Å²) in [6.07, 6.45) is 7.82. The van der Waals surface area contributed by atoms with Gasteiger partial charge in [0.05, 0.1) is 19.6 Å². The van der Waals surface area contributed by atoms with E-state index in [9.17, 15) is 4.79 Å². The summed E-state index contributed by atoms with van der Waals surface area (Å²) < 4.78 is 11.0. The van der Waals surface area contributed by atoms with Crippen molar-refractivity contribution in [2.24, 2.45) is 5.41 Å². The minimum atomic E-state index is -0.259. The summed E-state index contributed by atoms with van der Waals surface area (Å²) in [5.74, 6) is 2.00. The number of ketones is 1. The largest absolute Gasteiger partial charge is 0.493 e. The number of fused-ring (bicyclic) bond motifs is 4. The number of hydrogen-bond donors (Lipinski definition) is 0. The van der Waals surface area contributed by atoms with Gasteiger partial charge in [-0.1, -0.05) is 6.08 Å². The Morgan fingerprint density at radius 2 is 1.71 bits per heavy atom. The van der Waals surface area contributed by atoms with Crippen LogP contribution in [0.3, 0.4) is 0 Å². The number of aryl methyl sites for hydroxylation is 1. The molecule has 0 saturated carbocycles. The standard InChI is InChI=1S/C21H24O3/c1-21-10-9-14-15(17(21)5-4-6-20(21)22)8-7-13-11-18(23-2)19(24-3)12-16(13)14/h5,11-12H,4,6-10H2,1-3H3/t21-/m0/s1. The van der Waals surface area contributed by atoms with Crippen LogP contribution in [0.1, 0.15) is 50.2 Å². The predicted octanol–water partition coefficient (Wildman–Crippen LogP) is 4.49. The quantitative estimate of drug-likeness (QED) is 0.804. The average molecular weight is 324 g/mol. The molecular weight excluding hydrogens is 300 g/mol. The van der Waals surface area contributed by atoms with E-state index in [1.54, 1.807) is 14.2 Å².